The average molecular weight is 292 g/mol. The van der Waals surface area contributed by atoms with Crippen LogP contribution < -0.4 is 11.1 Å². The Kier molecular flexibility index (Phi) is 5.79. The van der Waals surface area contributed by atoms with E-state index in [0.717, 1.165) is 19.5 Å². The normalized spacial score (nSPS) is 17.2. The monoisotopic (exact) mass is 292 g/mol. The van der Waals surface area contributed by atoms with Gasteiger partial charge in [-0.05, 0) is 24.6 Å². The summed E-state index contributed by atoms with van der Waals surface area (Å²) in [4.78, 5) is 29.7. The van der Waals surface area contributed by atoms with Crippen molar-refractivity contribution in [2.45, 2.75) is 12.3 Å². The maximum atomic E-state index is 12.0. The molecule has 0 aromatic carbocycles. The highest BCUT2D eigenvalue weighted by Crippen LogP contribution is 2.15. The summed E-state index contributed by atoms with van der Waals surface area (Å²) in [5, 5.41) is 3.16. The van der Waals surface area contributed by atoms with E-state index in [-0.39, 0.29) is 13.1 Å². The van der Waals surface area contributed by atoms with Gasteiger partial charge in [-0.2, -0.15) is 0 Å². The average Bonchev–Trinajstić information content (AvgIpc) is 2.50. The second kappa shape index (κ2) is 7.82. The molecule has 0 unspecified atom stereocenters. The molecule has 0 aliphatic carbocycles. The molecule has 1 atom stereocenters. The summed E-state index contributed by atoms with van der Waals surface area (Å²) in [7, 11) is 0. The van der Waals surface area contributed by atoms with Gasteiger partial charge in [0.15, 0.2) is 0 Å². The molecule has 1 fully saturated rings. The third kappa shape index (κ3) is 4.59. The maximum Gasteiger partial charge on any atom is 0.327 e. The molecule has 1 saturated heterocycles. The van der Waals surface area contributed by atoms with Gasteiger partial charge >= 0.3 is 11.9 Å². The van der Waals surface area contributed by atoms with Gasteiger partial charge in [-0.1, -0.05) is 6.07 Å². The topological polar surface area (TPSA) is 97.6 Å². The van der Waals surface area contributed by atoms with Crippen molar-refractivity contribution in [2.24, 2.45) is 5.73 Å². The SMILES string of the molecule is NC[C@@H](C(=O)OC(=O)CN1CCCNC1)c1cccnc1. The molecule has 0 bridgehead atoms. The van der Waals surface area contributed by atoms with Crippen LogP contribution in [0, 0.1) is 0 Å². The third-order valence-electron chi connectivity index (χ3n) is 3.34. The maximum absolute atomic E-state index is 12.0. The number of aromatic nitrogens is 1. The fourth-order valence-corrected chi connectivity index (χ4v) is 2.23. The first-order chi connectivity index (χ1) is 10.2. The first-order valence-corrected chi connectivity index (χ1v) is 6.98. The minimum Gasteiger partial charge on any atom is -0.392 e. The molecule has 7 heteroatoms. The van der Waals surface area contributed by atoms with E-state index in [1.54, 1.807) is 24.5 Å². The lowest BCUT2D eigenvalue weighted by atomic mass is 10.0. The number of nitrogens with two attached hydrogens (primary N) is 1. The second-order valence-corrected chi connectivity index (χ2v) is 4.93. The minimum atomic E-state index is -0.665. The van der Waals surface area contributed by atoms with E-state index < -0.39 is 17.9 Å². The minimum absolute atomic E-state index is 0.0725. The molecule has 0 radical (unpaired) electrons. The number of pyridine rings is 1. The van der Waals surface area contributed by atoms with E-state index in [1.165, 1.54) is 0 Å². The van der Waals surface area contributed by atoms with Gasteiger partial charge in [0.1, 0.15) is 0 Å². The zero-order valence-electron chi connectivity index (χ0n) is 11.8. The van der Waals surface area contributed by atoms with Gasteiger partial charge in [-0.3, -0.25) is 19.5 Å². The molecule has 0 spiro atoms. The zero-order valence-corrected chi connectivity index (χ0v) is 11.8. The number of ether oxygens (including phenoxy) is 1. The Hall–Kier alpha value is -1.83. The highest BCUT2D eigenvalue weighted by atomic mass is 16.6. The second-order valence-electron chi connectivity index (χ2n) is 4.93. The lowest BCUT2D eigenvalue weighted by molar-refractivity contribution is -0.161. The Morgan fingerprint density at radius 2 is 2.38 bits per heavy atom. The quantitative estimate of drug-likeness (QED) is 0.555. The highest BCUT2D eigenvalue weighted by molar-refractivity contribution is 5.90. The Morgan fingerprint density at radius 3 is 3.00 bits per heavy atom. The van der Waals surface area contributed by atoms with Crippen molar-refractivity contribution in [3.63, 3.8) is 0 Å². The molecule has 2 heterocycles. The molecule has 0 saturated carbocycles. The molecule has 114 valence electrons. The third-order valence-corrected chi connectivity index (χ3v) is 3.34. The van der Waals surface area contributed by atoms with E-state index in [9.17, 15) is 9.59 Å². The van der Waals surface area contributed by atoms with Crippen molar-refractivity contribution in [1.29, 1.82) is 0 Å². The summed E-state index contributed by atoms with van der Waals surface area (Å²) < 4.78 is 4.91. The van der Waals surface area contributed by atoms with Crippen molar-refractivity contribution in [3.8, 4) is 0 Å². The Labute approximate surface area is 123 Å². The lowest BCUT2D eigenvalue weighted by Crippen LogP contribution is -2.44. The van der Waals surface area contributed by atoms with E-state index in [2.05, 4.69) is 10.3 Å². The van der Waals surface area contributed by atoms with Gasteiger partial charge < -0.3 is 15.8 Å². The van der Waals surface area contributed by atoms with Crippen LogP contribution in [0.5, 0.6) is 0 Å². The van der Waals surface area contributed by atoms with E-state index in [1.807, 2.05) is 4.90 Å². The summed E-state index contributed by atoms with van der Waals surface area (Å²) >= 11 is 0. The van der Waals surface area contributed by atoms with Crippen LogP contribution in [0.3, 0.4) is 0 Å². The van der Waals surface area contributed by atoms with Gasteiger partial charge in [0, 0.05) is 32.2 Å². The van der Waals surface area contributed by atoms with Crippen LogP contribution in [0.4, 0.5) is 0 Å². The van der Waals surface area contributed by atoms with Gasteiger partial charge in [0.2, 0.25) is 0 Å². The van der Waals surface area contributed by atoms with Crippen molar-refractivity contribution in [3.05, 3.63) is 30.1 Å². The van der Waals surface area contributed by atoms with Gasteiger partial charge in [0.25, 0.3) is 0 Å². The summed E-state index contributed by atoms with van der Waals surface area (Å²) in [6.07, 6.45) is 4.14. The summed E-state index contributed by atoms with van der Waals surface area (Å²) in [5.41, 5.74) is 6.26. The molecule has 7 nitrogen and oxygen atoms in total. The molecule has 2 rings (SSSR count). The van der Waals surface area contributed by atoms with Crippen LogP contribution in [0.2, 0.25) is 0 Å². The number of carbonyl (C=O) groups is 2. The Morgan fingerprint density at radius 1 is 1.52 bits per heavy atom. The summed E-state index contributed by atoms with van der Waals surface area (Å²) in [5.74, 6) is -1.84. The van der Waals surface area contributed by atoms with Crippen LogP contribution in [-0.2, 0) is 14.3 Å². The van der Waals surface area contributed by atoms with Crippen molar-refractivity contribution < 1.29 is 14.3 Å². The largest absolute Gasteiger partial charge is 0.392 e. The fourth-order valence-electron chi connectivity index (χ4n) is 2.23. The number of nitrogens with one attached hydrogen (secondary N) is 1. The Bertz CT molecular complexity index is 474. The van der Waals surface area contributed by atoms with E-state index in [4.69, 9.17) is 10.5 Å². The van der Waals surface area contributed by atoms with Crippen LogP contribution in [0.1, 0.15) is 17.9 Å². The number of carbonyl (C=O) groups excluding carboxylic acids is 2. The predicted molar refractivity (Wildman–Crippen MR) is 76.2 cm³/mol. The summed E-state index contributed by atoms with van der Waals surface area (Å²) in [6.45, 7) is 2.57. The van der Waals surface area contributed by atoms with Gasteiger partial charge in [-0.25, -0.2) is 0 Å². The molecule has 3 N–H and O–H groups in total. The van der Waals surface area contributed by atoms with Crippen LogP contribution in [0.25, 0.3) is 0 Å². The molecular weight excluding hydrogens is 272 g/mol. The smallest absolute Gasteiger partial charge is 0.327 e. The molecule has 1 aliphatic rings. The van der Waals surface area contributed by atoms with Gasteiger partial charge in [0.05, 0.1) is 12.5 Å². The molecule has 1 aromatic heterocycles. The van der Waals surface area contributed by atoms with E-state index in [0.29, 0.717) is 12.2 Å². The van der Waals surface area contributed by atoms with Crippen molar-refractivity contribution in [2.75, 3.05) is 32.8 Å². The highest BCUT2D eigenvalue weighted by Gasteiger charge is 2.24. The number of hydrogen-bond donors (Lipinski definition) is 2. The number of hydrogen-bond acceptors (Lipinski definition) is 7. The summed E-state index contributed by atoms with van der Waals surface area (Å²) in [6, 6.07) is 3.46. The molecular formula is C14H20N4O3. The first-order valence-electron chi connectivity index (χ1n) is 6.98. The van der Waals surface area contributed by atoms with Crippen LogP contribution in [0.15, 0.2) is 24.5 Å². The van der Waals surface area contributed by atoms with Gasteiger partial charge in [-0.15, -0.1) is 0 Å². The van der Waals surface area contributed by atoms with Crippen LogP contribution in [-0.4, -0.2) is 54.7 Å². The first kappa shape index (κ1) is 15.6. The number of rotatable bonds is 5. The number of esters is 2. The predicted octanol–water partition coefficient (Wildman–Crippen LogP) is -0.553. The van der Waals surface area contributed by atoms with Crippen LogP contribution >= 0.6 is 0 Å². The number of nitrogens with zero attached hydrogens (tertiary/aromatic N) is 2. The van der Waals surface area contributed by atoms with Crippen molar-refractivity contribution in [1.82, 2.24) is 15.2 Å². The molecule has 1 aliphatic heterocycles. The zero-order chi connectivity index (χ0) is 15.1. The van der Waals surface area contributed by atoms with E-state index >= 15 is 0 Å². The fraction of sp³-hybridized carbons (Fsp3) is 0.500. The van der Waals surface area contributed by atoms with Crippen molar-refractivity contribution >= 4 is 11.9 Å². The molecule has 21 heavy (non-hydrogen) atoms. The lowest BCUT2D eigenvalue weighted by Gasteiger charge is -2.26. The standard InChI is InChI=1S/C14H20N4O3/c15-7-12(11-3-1-4-16-8-11)14(20)21-13(19)9-18-6-2-5-17-10-18/h1,3-4,8,12,17H,2,5-7,9-10,15H2/t12-/m1/s1. The molecule has 1 aromatic rings. The molecule has 0 amide bonds. The Balaban J connectivity index is 1.88.